The maximum Gasteiger partial charge on any atom is 0.258 e. The molecule has 0 saturated carbocycles. The molecule has 0 heterocycles. The Hall–Kier alpha value is -1.07. The van der Waals surface area contributed by atoms with Gasteiger partial charge in [0, 0.05) is 4.47 Å². The van der Waals surface area contributed by atoms with Gasteiger partial charge in [0.05, 0.1) is 12.6 Å². The Kier molecular flexibility index (Phi) is 6.00. The van der Waals surface area contributed by atoms with E-state index in [0.29, 0.717) is 12.2 Å². The maximum atomic E-state index is 11.5. The number of ether oxygens (including phenoxy) is 1. The molecule has 1 unspecified atom stereocenters. The van der Waals surface area contributed by atoms with Crippen molar-refractivity contribution in [3.05, 3.63) is 28.7 Å². The molecule has 2 N–H and O–H groups in total. The van der Waals surface area contributed by atoms with Crippen molar-refractivity contribution in [2.24, 2.45) is 0 Å². The normalized spacial score (nSPS) is 11.9. The third-order valence-electron chi connectivity index (χ3n) is 2.26. The van der Waals surface area contributed by atoms with Gasteiger partial charge in [0.1, 0.15) is 5.75 Å². The summed E-state index contributed by atoms with van der Waals surface area (Å²) in [7, 11) is 0. The number of aliphatic hydroxyl groups excluding tert-OH is 1. The van der Waals surface area contributed by atoms with Crippen molar-refractivity contribution in [1.29, 1.82) is 0 Å². The van der Waals surface area contributed by atoms with Gasteiger partial charge in [0.25, 0.3) is 5.91 Å². The third kappa shape index (κ3) is 5.19. The molecule has 0 fully saturated rings. The van der Waals surface area contributed by atoms with Gasteiger partial charge in [0.2, 0.25) is 0 Å². The number of benzene rings is 1. The van der Waals surface area contributed by atoms with E-state index in [4.69, 9.17) is 9.84 Å². The summed E-state index contributed by atoms with van der Waals surface area (Å²) in [6.07, 6.45) is 0.695. The molecule has 0 bridgehead atoms. The lowest BCUT2D eigenvalue weighted by molar-refractivity contribution is -0.124. The van der Waals surface area contributed by atoms with E-state index in [-0.39, 0.29) is 25.2 Å². The molecule has 0 aliphatic rings. The van der Waals surface area contributed by atoms with Crippen LogP contribution in [0, 0.1) is 0 Å². The Morgan fingerprint density at radius 3 is 2.65 bits per heavy atom. The van der Waals surface area contributed by atoms with E-state index >= 15 is 0 Å². The van der Waals surface area contributed by atoms with Gasteiger partial charge in [-0.1, -0.05) is 22.9 Å². The van der Waals surface area contributed by atoms with Gasteiger partial charge in [-0.05, 0) is 30.7 Å². The van der Waals surface area contributed by atoms with Crippen molar-refractivity contribution in [2.45, 2.75) is 19.4 Å². The Morgan fingerprint density at radius 1 is 1.47 bits per heavy atom. The molecule has 0 spiro atoms. The fraction of sp³-hybridized carbons (Fsp3) is 0.417. The van der Waals surface area contributed by atoms with Crippen molar-refractivity contribution < 1.29 is 14.6 Å². The smallest absolute Gasteiger partial charge is 0.258 e. The number of aliphatic hydroxyl groups is 1. The molecule has 94 valence electrons. The van der Waals surface area contributed by atoms with E-state index in [0.717, 1.165) is 4.47 Å². The predicted octanol–water partition coefficient (Wildman–Crippen LogP) is 1.71. The topological polar surface area (TPSA) is 58.6 Å². The van der Waals surface area contributed by atoms with Gasteiger partial charge in [-0.15, -0.1) is 0 Å². The monoisotopic (exact) mass is 301 g/mol. The molecule has 5 heteroatoms. The summed E-state index contributed by atoms with van der Waals surface area (Å²) in [5, 5.41) is 11.6. The van der Waals surface area contributed by atoms with Crippen molar-refractivity contribution >= 4 is 21.8 Å². The highest BCUT2D eigenvalue weighted by molar-refractivity contribution is 9.10. The number of hydrogen-bond acceptors (Lipinski definition) is 3. The number of hydrogen-bond donors (Lipinski definition) is 2. The van der Waals surface area contributed by atoms with Crippen molar-refractivity contribution in [2.75, 3.05) is 13.2 Å². The Balaban J connectivity index is 2.35. The fourth-order valence-corrected chi connectivity index (χ4v) is 1.49. The molecule has 1 rings (SSSR count). The third-order valence-corrected chi connectivity index (χ3v) is 2.79. The van der Waals surface area contributed by atoms with Crippen LogP contribution in [0.5, 0.6) is 5.75 Å². The first-order chi connectivity index (χ1) is 8.15. The van der Waals surface area contributed by atoms with E-state index in [9.17, 15) is 4.79 Å². The summed E-state index contributed by atoms with van der Waals surface area (Å²) in [6.45, 7) is 1.80. The molecule has 1 atom stereocenters. The molecule has 1 amide bonds. The number of nitrogens with one attached hydrogen (secondary N) is 1. The lowest BCUT2D eigenvalue weighted by Crippen LogP contribution is -2.39. The standard InChI is InChI=1S/C12H16BrNO3/c1-2-10(7-15)14-12(16)8-17-11-5-3-9(13)4-6-11/h3-6,10,15H,2,7-8H2,1H3,(H,14,16). The van der Waals surface area contributed by atoms with Gasteiger partial charge in [0.15, 0.2) is 6.61 Å². The van der Waals surface area contributed by atoms with Crippen LogP contribution in [0.4, 0.5) is 0 Å². The first kappa shape index (κ1) is 14.0. The second-order valence-corrected chi connectivity index (χ2v) is 4.51. The minimum absolute atomic E-state index is 0.0435. The maximum absolute atomic E-state index is 11.5. The molecule has 1 aromatic carbocycles. The summed E-state index contributed by atoms with van der Waals surface area (Å²) < 4.78 is 6.26. The van der Waals surface area contributed by atoms with E-state index in [1.807, 2.05) is 19.1 Å². The zero-order chi connectivity index (χ0) is 12.7. The van der Waals surface area contributed by atoms with Crippen LogP contribution in [0.15, 0.2) is 28.7 Å². The van der Waals surface area contributed by atoms with E-state index in [1.165, 1.54) is 0 Å². The average Bonchev–Trinajstić information content (AvgIpc) is 2.35. The molecule has 0 saturated heterocycles. The molecule has 17 heavy (non-hydrogen) atoms. The van der Waals surface area contributed by atoms with E-state index in [2.05, 4.69) is 21.2 Å². The highest BCUT2D eigenvalue weighted by Gasteiger charge is 2.09. The molecule has 4 nitrogen and oxygen atoms in total. The van der Waals surface area contributed by atoms with Gasteiger partial charge in [-0.2, -0.15) is 0 Å². The zero-order valence-corrected chi connectivity index (χ0v) is 11.2. The number of amides is 1. The SMILES string of the molecule is CCC(CO)NC(=O)COc1ccc(Br)cc1. The first-order valence-corrected chi connectivity index (χ1v) is 6.23. The Bertz CT molecular complexity index is 349. The molecule has 0 aromatic heterocycles. The predicted molar refractivity (Wildman–Crippen MR) is 68.9 cm³/mol. The van der Waals surface area contributed by atoms with Crippen LogP contribution in [0.2, 0.25) is 0 Å². The Morgan fingerprint density at radius 2 is 2.12 bits per heavy atom. The lowest BCUT2D eigenvalue weighted by atomic mass is 10.2. The van der Waals surface area contributed by atoms with Gasteiger partial charge in [-0.25, -0.2) is 0 Å². The van der Waals surface area contributed by atoms with Crippen molar-refractivity contribution in [3.8, 4) is 5.75 Å². The van der Waals surface area contributed by atoms with Gasteiger partial charge in [-0.3, -0.25) is 4.79 Å². The Labute approximate surface area is 109 Å². The molecular weight excluding hydrogens is 286 g/mol. The van der Waals surface area contributed by atoms with Crippen molar-refractivity contribution in [3.63, 3.8) is 0 Å². The molecule has 0 aliphatic heterocycles. The summed E-state index contributed by atoms with van der Waals surface area (Å²) in [6, 6.07) is 7.04. The fourth-order valence-electron chi connectivity index (χ4n) is 1.23. The van der Waals surface area contributed by atoms with Crippen LogP contribution in [-0.4, -0.2) is 30.3 Å². The van der Waals surface area contributed by atoms with Crippen LogP contribution in [0.25, 0.3) is 0 Å². The quantitative estimate of drug-likeness (QED) is 0.841. The summed E-state index contributed by atoms with van der Waals surface area (Å²) in [4.78, 5) is 11.5. The number of carbonyl (C=O) groups excluding carboxylic acids is 1. The van der Waals surface area contributed by atoms with Crippen LogP contribution in [0.3, 0.4) is 0 Å². The first-order valence-electron chi connectivity index (χ1n) is 5.44. The lowest BCUT2D eigenvalue weighted by Gasteiger charge is -2.14. The zero-order valence-electron chi connectivity index (χ0n) is 9.65. The van der Waals surface area contributed by atoms with Crippen LogP contribution in [-0.2, 0) is 4.79 Å². The minimum atomic E-state index is -0.228. The van der Waals surface area contributed by atoms with Crippen LogP contribution < -0.4 is 10.1 Å². The van der Waals surface area contributed by atoms with Gasteiger partial charge < -0.3 is 15.2 Å². The highest BCUT2D eigenvalue weighted by Crippen LogP contribution is 2.15. The number of carbonyl (C=O) groups is 1. The van der Waals surface area contributed by atoms with E-state index in [1.54, 1.807) is 12.1 Å². The summed E-state index contributed by atoms with van der Waals surface area (Å²) in [5.41, 5.74) is 0. The van der Waals surface area contributed by atoms with Crippen LogP contribution in [0.1, 0.15) is 13.3 Å². The number of rotatable bonds is 6. The van der Waals surface area contributed by atoms with Crippen LogP contribution >= 0.6 is 15.9 Å². The molecule has 1 aromatic rings. The average molecular weight is 302 g/mol. The molecule has 0 aliphatic carbocycles. The largest absolute Gasteiger partial charge is 0.484 e. The number of halogens is 1. The summed E-state index contributed by atoms with van der Waals surface area (Å²) >= 11 is 3.31. The summed E-state index contributed by atoms with van der Waals surface area (Å²) in [5.74, 6) is 0.411. The van der Waals surface area contributed by atoms with Crippen molar-refractivity contribution in [1.82, 2.24) is 5.32 Å². The second-order valence-electron chi connectivity index (χ2n) is 3.60. The minimum Gasteiger partial charge on any atom is -0.484 e. The molecular formula is C12H16BrNO3. The highest BCUT2D eigenvalue weighted by atomic mass is 79.9. The van der Waals surface area contributed by atoms with E-state index < -0.39 is 0 Å². The molecule has 0 radical (unpaired) electrons. The van der Waals surface area contributed by atoms with Gasteiger partial charge >= 0.3 is 0 Å². The second kappa shape index (κ2) is 7.29.